The van der Waals surface area contributed by atoms with E-state index in [0.717, 1.165) is 18.2 Å². The monoisotopic (exact) mass is 617 g/mol. The summed E-state index contributed by atoms with van der Waals surface area (Å²) < 4.78 is 81.8. The van der Waals surface area contributed by atoms with Gasteiger partial charge in [-0.05, 0) is 36.2 Å². The Morgan fingerprint density at radius 1 is 1.09 bits per heavy atom. The number of primary amides is 1. The number of carbonyl (C=O) groups is 3. The number of nitrogens with zero attached hydrogens (tertiary/aromatic N) is 2. The zero-order valence-corrected chi connectivity index (χ0v) is 22.7. The number of nitrogens with one attached hydrogen (secondary N) is 2. The van der Waals surface area contributed by atoms with Crippen LogP contribution in [0.2, 0.25) is 0 Å². The average Bonchev–Trinajstić information content (AvgIpc) is 3.10. The van der Waals surface area contributed by atoms with Crippen molar-refractivity contribution >= 4 is 34.8 Å². The lowest BCUT2D eigenvalue weighted by molar-refractivity contribution is -0.143. The van der Waals surface area contributed by atoms with Crippen LogP contribution in [0, 0.1) is 23.1 Å². The third-order valence-electron chi connectivity index (χ3n) is 7.12. The number of fused-ring (bicyclic) bond motifs is 1. The molecule has 0 saturated carbocycles. The number of hydrogen-bond acceptors (Lipinski definition) is 5. The number of para-hydroxylation sites is 1. The Morgan fingerprint density at radius 3 is 2.41 bits per heavy atom. The van der Waals surface area contributed by atoms with E-state index in [1.807, 2.05) is 0 Å². The maximum atomic E-state index is 14.5. The minimum absolute atomic E-state index is 0.00203. The van der Waals surface area contributed by atoms with Gasteiger partial charge in [0.25, 0.3) is 6.43 Å². The van der Waals surface area contributed by atoms with Crippen molar-refractivity contribution in [2.24, 2.45) is 11.7 Å². The molecule has 14 heteroatoms. The number of carbonyl (C=O) groups excluding carboxylic acids is 3. The van der Waals surface area contributed by atoms with Gasteiger partial charge in [0.15, 0.2) is 0 Å². The largest absolute Gasteiger partial charge is 0.389 e. The molecule has 0 aliphatic carbocycles. The second-order valence-electron chi connectivity index (χ2n) is 10.1. The summed E-state index contributed by atoms with van der Waals surface area (Å²) in [5, 5.41) is 14.2. The highest BCUT2D eigenvalue weighted by Crippen LogP contribution is 2.41. The van der Waals surface area contributed by atoms with E-state index in [9.17, 15) is 46.0 Å². The fourth-order valence-corrected chi connectivity index (χ4v) is 5.11. The molecular weight excluding hydrogens is 592 g/mol. The van der Waals surface area contributed by atoms with Crippen LogP contribution >= 0.6 is 0 Å². The number of benzene rings is 3. The maximum Gasteiger partial charge on any atom is 0.389 e. The standard InChI is InChI=1S/C30H25F6N5O3/c31-18-11-16(14-37)12-19(13-18)41-15-22(28(43)40-25-21(26(32)33)7-4-8-23(25)41)39-29(44)24(17-5-2-1-3-6-17)20(27(38)42)9-10-30(34,35)36/h1-8,11-13,20,22,24,26H,9-10,15H2,(H2,38,42)(H,39,44)(H,40,43)/t20-,22?,24+/m1/s1. The molecule has 44 heavy (non-hydrogen) atoms. The van der Waals surface area contributed by atoms with E-state index in [4.69, 9.17) is 5.73 Å². The first-order valence-electron chi connectivity index (χ1n) is 13.2. The van der Waals surface area contributed by atoms with Crippen LogP contribution in [0.3, 0.4) is 0 Å². The summed E-state index contributed by atoms with van der Waals surface area (Å²) in [5.74, 6) is -7.20. The van der Waals surface area contributed by atoms with E-state index in [0.29, 0.717) is 0 Å². The van der Waals surface area contributed by atoms with E-state index in [1.54, 1.807) is 12.1 Å². The molecule has 1 aliphatic rings. The zero-order valence-electron chi connectivity index (χ0n) is 22.7. The number of alkyl halides is 5. The fraction of sp³-hybridized carbons (Fsp3) is 0.267. The quantitative estimate of drug-likeness (QED) is 0.276. The third kappa shape index (κ3) is 7.28. The van der Waals surface area contributed by atoms with Crippen LogP contribution in [0.15, 0.2) is 66.7 Å². The van der Waals surface area contributed by atoms with Gasteiger partial charge in [-0.1, -0.05) is 42.5 Å². The molecule has 3 atom stereocenters. The van der Waals surface area contributed by atoms with Crippen molar-refractivity contribution in [1.82, 2.24) is 5.32 Å². The predicted molar refractivity (Wildman–Crippen MR) is 147 cm³/mol. The van der Waals surface area contributed by atoms with Gasteiger partial charge in [-0.15, -0.1) is 0 Å². The summed E-state index contributed by atoms with van der Waals surface area (Å²) in [6.07, 6.45) is -9.94. The van der Waals surface area contributed by atoms with Crippen LogP contribution < -0.4 is 21.3 Å². The predicted octanol–water partition coefficient (Wildman–Crippen LogP) is 5.44. The lowest BCUT2D eigenvalue weighted by atomic mass is 9.81. The number of rotatable bonds is 9. The van der Waals surface area contributed by atoms with Crippen molar-refractivity contribution in [3.8, 4) is 6.07 Å². The Bertz CT molecular complexity index is 1590. The summed E-state index contributed by atoms with van der Waals surface area (Å²) in [4.78, 5) is 40.8. The molecule has 4 N–H and O–H groups in total. The second kappa shape index (κ2) is 13.1. The molecule has 0 radical (unpaired) electrons. The van der Waals surface area contributed by atoms with E-state index >= 15 is 0 Å². The molecule has 0 fully saturated rings. The molecule has 8 nitrogen and oxygen atoms in total. The molecule has 0 saturated heterocycles. The molecule has 1 heterocycles. The Balaban J connectivity index is 1.77. The van der Waals surface area contributed by atoms with Gasteiger partial charge < -0.3 is 21.3 Å². The molecule has 4 rings (SSSR count). The smallest absolute Gasteiger partial charge is 0.369 e. The van der Waals surface area contributed by atoms with Gasteiger partial charge in [0.05, 0.1) is 41.4 Å². The molecular formula is C30H25F6N5O3. The Morgan fingerprint density at radius 2 is 1.80 bits per heavy atom. The van der Waals surface area contributed by atoms with Crippen LogP contribution in [0.25, 0.3) is 0 Å². The molecule has 0 aromatic heterocycles. The first kappa shape index (κ1) is 31.9. The summed E-state index contributed by atoms with van der Waals surface area (Å²) in [6.45, 7) is -0.475. The summed E-state index contributed by atoms with van der Waals surface area (Å²) in [6, 6.07) is 14.5. The number of nitrogens with two attached hydrogens (primary N) is 1. The summed E-state index contributed by atoms with van der Waals surface area (Å²) in [7, 11) is 0. The van der Waals surface area contributed by atoms with Crippen LogP contribution in [0.5, 0.6) is 0 Å². The van der Waals surface area contributed by atoms with Crippen molar-refractivity contribution in [3.05, 3.63) is 89.2 Å². The number of nitriles is 1. The van der Waals surface area contributed by atoms with Gasteiger partial charge in [0, 0.05) is 17.7 Å². The van der Waals surface area contributed by atoms with Crippen molar-refractivity contribution < 1.29 is 40.7 Å². The van der Waals surface area contributed by atoms with Crippen molar-refractivity contribution in [1.29, 1.82) is 5.26 Å². The minimum Gasteiger partial charge on any atom is -0.369 e. The topological polar surface area (TPSA) is 128 Å². The molecule has 1 unspecified atom stereocenters. The zero-order chi connectivity index (χ0) is 32.2. The Hall–Kier alpha value is -5.06. The maximum absolute atomic E-state index is 14.5. The van der Waals surface area contributed by atoms with E-state index < -0.39 is 79.0 Å². The number of anilines is 3. The van der Waals surface area contributed by atoms with Crippen LogP contribution in [-0.2, 0) is 14.4 Å². The molecule has 3 aromatic carbocycles. The first-order valence-corrected chi connectivity index (χ1v) is 13.2. The average molecular weight is 618 g/mol. The minimum atomic E-state index is -4.66. The highest BCUT2D eigenvalue weighted by molar-refractivity contribution is 6.04. The van der Waals surface area contributed by atoms with E-state index in [1.165, 1.54) is 47.4 Å². The van der Waals surface area contributed by atoms with Gasteiger partial charge >= 0.3 is 6.18 Å². The normalized spacial score (nSPS) is 16.3. The SMILES string of the molecule is N#Cc1cc(F)cc(N2CC(NC(=O)[C@@H](c3ccccc3)[C@@H](CCC(F)(F)F)C(N)=O)C(=O)Nc3c(C(F)F)cccc32)c1. The van der Waals surface area contributed by atoms with Gasteiger partial charge in [-0.3, -0.25) is 14.4 Å². The van der Waals surface area contributed by atoms with Crippen LogP contribution in [-0.4, -0.2) is 36.5 Å². The number of amides is 3. The van der Waals surface area contributed by atoms with Gasteiger partial charge in [0.2, 0.25) is 17.7 Å². The van der Waals surface area contributed by atoms with Gasteiger partial charge in [-0.2, -0.15) is 18.4 Å². The van der Waals surface area contributed by atoms with Gasteiger partial charge in [0.1, 0.15) is 11.9 Å². The van der Waals surface area contributed by atoms with Crippen molar-refractivity contribution in [3.63, 3.8) is 0 Å². The lowest BCUT2D eigenvalue weighted by Crippen LogP contribution is -2.51. The molecule has 1 aliphatic heterocycles. The number of hydrogen-bond donors (Lipinski definition) is 3. The summed E-state index contributed by atoms with van der Waals surface area (Å²) >= 11 is 0. The molecule has 0 bridgehead atoms. The Labute approximate surface area is 247 Å². The molecule has 0 spiro atoms. The highest BCUT2D eigenvalue weighted by Gasteiger charge is 2.40. The van der Waals surface area contributed by atoms with Crippen LogP contribution in [0.4, 0.5) is 43.4 Å². The second-order valence-corrected chi connectivity index (χ2v) is 10.1. The molecule has 230 valence electrons. The first-order chi connectivity index (χ1) is 20.8. The number of halogens is 6. The van der Waals surface area contributed by atoms with Crippen LogP contribution in [0.1, 0.15) is 41.9 Å². The third-order valence-corrected chi connectivity index (χ3v) is 7.12. The van der Waals surface area contributed by atoms with Gasteiger partial charge in [-0.25, -0.2) is 13.2 Å². The summed E-state index contributed by atoms with van der Waals surface area (Å²) in [5.41, 5.74) is 4.58. The fourth-order valence-electron chi connectivity index (χ4n) is 5.11. The van der Waals surface area contributed by atoms with Crippen molar-refractivity contribution in [2.75, 3.05) is 16.8 Å². The van der Waals surface area contributed by atoms with E-state index in [-0.39, 0.29) is 28.2 Å². The van der Waals surface area contributed by atoms with E-state index in [2.05, 4.69) is 10.6 Å². The Kier molecular flexibility index (Phi) is 9.46. The molecule has 3 aromatic rings. The lowest BCUT2D eigenvalue weighted by Gasteiger charge is -2.30. The highest BCUT2D eigenvalue weighted by atomic mass is 19.4. The molecule has 3 amide bonds. The van der Waals surface area contributed by atoms with Crippen molar-refractivity contribution in [2.45, 2.75) is 37.4 Å².